The van der Waals surface area contributed by atoms with Gasteiger partial charge in [-0.05, 0) is 30.3 Å². The van der Waals surface area contributed by atoms with E-state index in [2.05, 4.69) is 10.3 Å². The van der Waals surface area contributed by atoms with E-state index in [1.165, 1.54) is 0 Å². The number of halogens is 2. The maximum atomic E-state index is 12.9. The highest BCUT2D eigenvalue weighted by molar-refractivity contribution is 6.30. The first-order chi connectivity index (χ1) is 8.56. The highest BCUT2D eigenvalue weighted by Crippen LogP contribution is 2.21. The molecular formula is C12H8ClFN2O2. The lowest BCUT2D eigenvalue weighted by atomic mass is 10.2. The molecule has 2 rings (SSSR count). The molecule has 0 fully saturated rings. The van der Waals surface area contributed by atoms with Crippen LogP contribution in [-0.2, 0) is 0 Å². The van der Waals surface area contributed by atoms with Crippen molar-refractivity contribution in [3.63, 3.8) is 0 Å². The number of carbonyl (C=O) groups is 1. The summed E-state index contributed by atoms with van der Waals surface area (Å²) in [6, 6.07) is 7.54. The third-order valence-electron chi connectivity index (χ3n) is 2.19. The zero-order valence-electron chi connectivity index (χ0n) is 9.02. The summed E-state index contributed by atoms with van der Waals surface area (Å²) in [6.07, 6.45) is 0.949. The number of pyridine rings is 1. The molecule has 0 amide bonds. The van der Waals surface area contributed by atoms with E-state index in [-0.39, 0.29) is 11.4 Å². The van der Waals surface area contributed by atoms with Crippen LogP contribution in [0.4, 0.5) is 15.9 Å². The number of nitrogens with one attached hydrogen (secondary N) is 1. The van der Waals surface area contributed by atoms with E-state index in [1.807, 2.05) is 0 Å². The van der Waals surface area contributed by atoms with Crippen LogP contribution >= 0.6 is 11.6 Å². The Kier molecular flexibility index (Phi) is 3.43. The number of carboxylic acid groups (broad SMARTS) is 1. The highest BCUT2D eigenvalue weighted by Gasteiger charge is 2.12. The van der Waals surface area contributed by atoms with Gasteiger partial charge in [-0.25, -0.2) is 14.2 Å². The largest absolute Gasteiger partial charge is 0.478 e. The fraction of sp³-hybridized carbons (Fsp3) is 0. The monoisotopic (exact) mass is 266 g/mol. The molecule has 0 spiro atoms. The molecule has 6 heteroatoms. The second-order valence-corrected chi connectivity index (χ2v) is 3.92. The maximum absolute atomic E-state index is 12.9. The van der Waals surface area contributed by atoms with Gasteiger partial charge in [-0.15, -0.1) is 0 Å². The number of aromatic carboxylic acids is 1. The molecule has 0 saturated heterocycles. The normalized spacial score (nSPS) is 10.1. The van der Waals surface area contributed by atoms with E-state index < -0.39 is 11.8 Å². The van der Waals surface area contributed by atoms with Crippen molar-refractivity contribution in [1.29, 1.82) is 0 Å². The molecule has 4 nitrogen and oxygen atoms in total. The van der Waals surface area contributed by atoms with Gasteiger partial charge in [0.15, 0.2) is 0 Å². The van der Waals surface area contributed by atoms with Gasteiger partial charge in [-0.2, -0.15) is 0 Å². The van der Waals surface area contributed by atoms with Crippen LogP contribution in [0.15, 0.2) is 36.5 Å². The summed E-state index contributed by atoms with van der Waals surface area (Å²) in [7, 11) is 0. The first kappa shape index (κ1) is 12.3. The molecule has 0 aliphatic carbocycles. The van der Waals surface area contributed by atoms with Crippen molar-refractivity contribution in [1.82, 2.24) is 4.98 Å². The van der Waals surface area contributed by atoms with Gasteiger partial charge in [0, 0.05) is 10.7 Å². The zero-order valence-corrected chi connectivity index (χ0v) is 9.78. The van der Waals surface area contributed by atoms with Crippen molar-refractivity contribution in [2.24, 2.45) is 0 Å². The van der Waals surface area contributed by atoms with Gasteiger partial charge in [0.05, 0.1) is 6.20 Å². The number of hydrogen-bond donors (Lipinski definition) is 2. The van der Waals surface area contributed by atoms with Gasteiger partial charge in [-0.3, -0.25) is 0 Å². The van der Waals surface area contributed by atoms with Gasteiger partial charge in [0.2, 0.25) is 0 Å². The van der Waals surface area contributed by atoms with Gasteiger partial charge in [0.1, 0.15) is 17.2 Å². The molecule has 0 aliphatic heterocycles. The molecule has 18 heavy (non-hydrogen) atoms. The lowest BCUT2D eigenvalue weighted by molar-refractivity contribution is 0.0697. The van der Waals surface area contributed by atoms with Crippen LogP contribution in [-0.4, -0.2) is 16.1 Å². The predicted molar refractivity (Wildman–Crippen MR) is 65.9 cm³/mol. The van der Waals surface area contributed by atoms with E-state index >= 15 is 0 Å². The number of benzene rings is 1. The fourth-order valence-electron chi connectivity index (χ4n) is 1.37. The van der Waals surface area contributed by atoms with Gasteiger partial charge < -0.3 is 10.4 Å². The minimum atomic E-state index is -1.25. The standard InChI is InChI=1S/C12H8ClFN2O2/c13-7-1-3-9(4-2-7)16-11-10(12(17)18)5-8(14)6-15-11/h1-6H,(H,15,16)(H,17,18). The fourth-order valence-corrected chi connectivity index (χ4v) is 1.50. The first-order valence-corrected chi connectivity index (χ1v) is 5.35. The van der Waals surface area contributed by atoms with Crippen LogP contribution in [0.5, 0.6) is 0 Å². The third-order valence-corrected chi connectivity index (χ3v) is 2.44. The Labute approximate surface area is 107 Å². The molecule has 0 aliphatic rings. The van der Waals surface area contributed by atoms with Crippen LogP contribution in [0.1, 0.15) is 10.4 Å². The molecule has 0 saturated carbocycles. The summed E-state index contributed by atoms with van der Waals surface area (Å²) in [5, 5.41) is 12.3. The van der Waals surface area contributed by atoms with Crippen LogP contribution in [0, 0.1) is 5.82 Å². The molecule has 1 heterocycles. The summed E-state index contributed by atoms with van der Waals surface area (Å²) in [6.45, 7) is 0. The second-order valence-electron chi connectivity index (χ2n) is 3.49. The van der Waals surface area contributed by atoms with E-state index in [4.69, 9.17) is 16.7 Å². The summed E-state index contributed by atoms with van der Waals surface area (Å²) in [5.74, 6) is -1.88. The molecule has 1 aromatic carbocycles. The quantitative estimate of drug-likeness (QED) is 0.895. The number of anilines is 2. The summed E-state index contributed by atoms with van der Waals surface area (Å²) in [5.41, 5.74) is 0.381. The van der Waals surface area contributed by atoms with Crippen molar-refractivity contribution in [3.05, 3.63) is 52.9 Å². The Morgan fingerprint density at radius 2 is 2.00 bits per heavy atom. The maximum Gasteiger partial charge on any atom is 0.339 e. The van der Waals surface area contributed by atoms with Crippen LogP contribution < -0.4 is 5.32 Å². The van der Waals surface area contributed by atoms with Crippen LogP contribution in [0.3, 0.4) is 0 Å². The van der Waals surface area contributed by atoms with Crippen molar-refractivity contribution < 1.29 is 14.3 Å². The van der Waals surface area contributed by atoms with Gasteiger partial charge in [0.25, 0.3) is 0 Å². The number of hydrogen-bond acceptors (Lipinski definition) is 3. The number of aromatic nitrogens is 1. The Hall–Kier alpha value is -2.14. The molecule has 0 atom stereocenters. The number of carboxylic acids is 1. The van der Waals surface area contributed by atoms with Crippen LogP contribution in [0.25, 0.3) is 0 Å². The molecule has 0 unspecified atom stereocenters. The third kappa shape index (κ3) is 2.75. The molecule has 0 bridgehead atoms. The minimum absolute atomic E-state index is 0.0752. The second kappa shape index (κ2) is 5.01. The Morgan fingerprint density at radius 3 is 2.61 bits per heavy atom. The number of rotatable bonds is 3. The molecule has 2 aromatic rings. The molecule has 92 valence electrons. The first-order valence-electron chi connectivity index (χ1n) is 4.97. The average molecular weight is 267 g/mol. The topological polar surface area (TPSA) is 62.2 Å². The molecular weight excluding hydrogens is 259 g/mol. The zero-order chi connectivity index (χ0) is 13.1. The summed E-state index contributed by atoms with van der Waals surface area (Å²) in [4.78, 5) is 14.7. The Bertz CT molecular complexity index is 587. The molecule has 1 aromatic heterocycles. The van der Waals surface area contributed by atoms with E-state index in [1.54, 1.807) is 24.3 Å². The SMILES string of the molecule is O=C(O)c1cc(F)cnc1Nc1ccc(Cl)cc1. The Balaban J connectivity index is 2.34. The van der Waals surface area contributed by atoms with Gasteiger partial charge in [-0.1, -0.05) is 11.6 Å². The predicted octanol–water partition coefficient (Wildman–Crippen LogP) is 3.32. The lowest BCUT2D eigenvalue weighted by Crippen LogP contribution is -2.05. The molecule has 0 radical (unpaired) electrons. The molecule has 2 N–H and O–H groups in total. The van der Waals surface area contributed by atoms with Crippen LogP contribution in [0.2, 0.25) is 5.02 Å². The van der Waals surface area contributed by atoms with E-state index in [0.29, 0.717) is 10.7 Å². The number of nitrogens with zero attached hydrogens (tertiary/aromatic N) is 1. The summed E-state index contributed by atoms with van der Waals surface area (Å²) >= 11 is 5.73. The van der Waals surface area contributed by atoms with Gasteiger partial charge >= 0.3 is 5.97 Å². The summed E-state index contributed by atoms with van der Waals surface area (Å²) < 4.78 is 12.9. The van der Waals surface area contributed by atoms with Crippen molar-refractivity contribution in [2.75, 3.05) is 5.32 Å². The lowest BCUT2D eigenvalue weighted by Gasteiger charge is -2.08. The van der Waals surface area contributed by atoms with Crippen molar-refractivity contribution in [3.8, 4) is 0 Å². The van der Waals surface area contributed by atoms with Crippen molar-refractivity contribution in [2.45, 2.75) is 0 Å². The van der Waals surface area contributed by atoms with E-state index in [0.717, 1.165) is 12.3 Å². The highest BCUT2D eigenvalue weighted by atomic mass is 35.5. The van der Waals surface area contributed by atoms with E-state index in [9.17, 15) is 9.18 Å². The average Bonchev–Trinajstić information content (AvgIpc) is 2.34. The minimum Gasteiger partial charge on any atom is -0.478 e. The Morgan fingerprint density at radius 1 is 1.33 bits per heavy atom. The smallest absolute Gasteiger partial charge is 0.339 e. The van der Waals surface area contributed by atoms with Crippen molar-refractivity contribution >= 4 is 29.1 Å².